The van der Waals surface area contributed by atoms with E-state index < -0.39 is 5.82 Å². The maximum absolute atomic E-state index is 13.6. The Bertz CT molecular complexity index is 1170. The van der Waals surface area contributed by atoms with Crippen molar-refractivity contribution in [1.29, 1.82) is 0 Å². The smallest absolute Gasteiger partial charge is 0.254 e. The molecule has 2 fully saturated rings. The molecule has 0 aliphatic carbocycles. The van der Waals surface area contributed by atoms with Gasteiger partial charge in [-0.25, -0.2) is 8.78 Å². The van der Waals surface area contributed by atoms with E-state index in [1.54, 1.807) is 17.0 Å². The molecule has 5 rings (SSSR count). The molecule has 1 unspecified atom stereocenters. The summed E-state index contributed by atoms with van der Waals surface area (Å²) < 4.78 is 38.9. The van der Waals surface area contributed by atoms with E-state index in [0.717, 1.165) is 44.6 Å². The van der Waals surface area contributed by atoms with Crippen molar-refractivity contribution in [3.05, 3.63) is 71.3 Å². The van der Waals surface area contributed by atoms with Gasteiger partial charge in [0.2, 0.25) is 5.88 Å². The van der Waals surface area contributed by atoms with Crippen LogP contribution in [0.25, 0.3) is 11.3 Å². The Morgan fingerprint density at radius 1 is 1.03 bits per heavy atom. The molecular formula is C27H30F2N4O3. The monoisotopic (exact) mass is 496 g/mol. The van der Waals surface area contributed by atoms with Crippen LogP contribution < -0.4 is 4.90 Å². The number of amides is 1. The van der Waals surface area contributed by atoms with Gasteiger partial charge in [0.15, 0.2) is 0 Å². The molecule has 2 aromatic carbocycles. The maximum Gasteiger partial charge on any atom is 0.254 e. The van der Waals surface area contributed by atoms with Gasteiger partial charge in [-0.05, 0) is 68.4 Å². The molecule has 0 saturated carbocycles. The summed E-state index contributed by atoms with van der Waals surface area (Å²) in [7, 11) is 2.08. The number of nitrogens with zero attached hydrogens (tertiary/aromatic N) is 4. The number of anilines is 1. The first-order chi connectivity index (χ1) is 17.5. The van der Waals surface area contributed by atoms with E-state index in [-0.39, 0.29) is 24.4 Å². The molecule has 2 aliphatic rings. The molecule has 2 aliphatic heterocycles. The van der Waals surface area contributed by atoms with Gasteiger partial charge in [-0.15, -0.1) is 0 Å². The van der Waals surface area contributed by atoms with E-state index in [4.69, 9.17) is 9.26 Å². The quantitative estimate of drug-likeness (QED) is 0.489. The van der Waals surface area contributed by atoms with E-state index in [1.165, 1.54) is 36.4 Å². The van der Waals surface area contributed by atoms with E-state index in [2.05, 4.69) is 22.0 Å². The minimum absolute atomic E-state index is 0.0735. The van der Waals surface area contributed by atoms with E-state index in [9.17, 15) is 13.6 Å². The van der Waals surface area contributed by atoms with Gasteiger partial charge < -0.3 is 24.0 Å². The lowest BCUT2D eigenvalue weighted by Crippen LogP contribution is -2.45. The van der Waals surface area contributed by atoms with E-state index in [0.29, 0.717) is 35.9 Å². The minimum atomic E-state index is -0.396. The average molecular weight is 497 g/mol. The molecule has 0 radical (unpaired) electrons. The van der Waals surface area contributed by atoms with E-state index in [1.807, 2.05) is 0 Å². The van der Waals surface area contributed by atoms with Gasteiger partial charge in [-0.1, -0.05) is 5.16 Å². The number of carbonyl (C=O) groups is 1. The second-order valence-electron chi connectivity index (χ2n) is 9.44. The fraction of sp³-hybridized carbons (Fsp3) is 0.407. The van der Waals surface area contributed by atoms with Gasteiger partial charge in [-0.2, -0.15) is 0 Å². The number of benzene rings is 2. The van der Waals surface area contributed by atoms with Gasteiger partial charge in [0.05, 0.1) is 18.2 Å². The Hall–Kier alpha value is -3.30. The van der Waals surface area contributed by atoms with Crippen molar-refractivity contribution in [2.75, 3.05) is 51.3 Å². The number of likely N-dealkylation sites (N-methyl/N-ethyl adjacent to an activating group) is 1. The van der Waals surface area contributed by atoms with Crippen molar-refractivity contribution in [3.8, 4) is 11.3 Å². The normalized spacial score (nSPS) is 18.5. The molecule has 1 amide bonds. The lowest BCUT2D eigenvalue weighted by Gasteiger charge is -2.33. The summed E-state index contributed by atoms with van der Waals surface area (Å²) >= 11 is 0. The lowest BCUT2D eigenvalue weighted by molar-refractivity contribution is 0.0507. The fourth-order valence-corrected chi connectivity index (χ4v) is 4.76. The van der Waals surface area contributed by atoms with Gasteiger partial charge in [-0.3, -0.25) is 4.79 Å². The Balaban J connectivity index is 1.51. The summed E-state index contributed by atoms with van der Waals surface area (Å²) in [5.74, 6) is -0.338. The Kier molecular flexibility index (Phi) is 7.29. The first-order valence-corrected chi connectivity index (χ1v) is 12.3. The third kappa shape index (κ3) is 5.42. The highest BCUT2D eigenvalue weighted by atomic mass is 19.1. The van der Waals surface area contributed by atoms with Crippen molar-refractivity contribution in [2.24, 2.45) is 0 Å². The van der Waals surface area contributed by atoms with Gasteiger partial charge in [0, 0.05) is 50.5 Å². The Morgan fingerprint density at radius 3 is 2.33 bits per heavy atom. The van der Waals surface area contributed by atoms with Crippen molar-refractivity contribution < 1.29 is 22.8 Å². The number of hydrogen-bond donors (Lipinski definition) is 0. The van der Waals surface area contributed by atoms with Crippen LogP contribution in [0.3, 0.4) is 0 Å². The predicted octanol–water partition coefficient (Wildman–Crippen LogP) is 4.19. The second-order valence-corrected chi connectivity index (χ2v) is 9.44. The molecule has 0 bridgehead atoms. The third-order valence-corrected chi connectivity index (χ3v) is 6.85. The van der Waals surface area contributed by atoms with Crippen molar-refractivity contribution in [1.82, 2.24) is 15.0 Å². The average Bonchev–Trinajstić information content (AvgIpc) is 3.55. The Morgan fingerprint density at radius 2 is 1.69 bits per heavy atom. The summed E-state index contributed by atoms with van der Waals surface area (Å²) in [5.41, 5.74) is 2.45. The number of halogens is 2. The summed E-state index contributed by atoms with van der Waals surface area (Å²) in [4.78, 5) is 19.7. The van der Waals surface area contributed by atoms with Crippen LogP contribution in [0.5, 0.6) is 0 Å². The molecule has 0 spiro atoms. The fourth-order valence-electron chi connectivity index (χ4n) is 4.76. The van der Waals surface area contributed by atoms with Gasteiger partial charge in [0.1, 0.15) is 17.3 Å². The van der Waals surface area contributed by atoms with Gasteiger partial charge in [0.25, 0.3) is 5.91 Å². The second kappa shape index (κ2) is 10.8. The van der Waals surface area contributed by atoms with Crippen LogP contribution in [0.4, 0.5) is 14.7 Å². The molecular weight excluding hydrogens is 466 g/mol. The first kappa shape index (κ1) is 24.4. The first-order valence-electron chi connectivity index (χ1n) is 12.3. The van der Waals surface area contributed by atoms with Crippen molar-refractivity contribution in [3.63, 3.8) is 0 Å². The molecule has 7 nitrogen and oxygen atoms in total. The zero-order chi connectivity index (χ0) is 25.1. The number of rotatable bonds is 7. The number of ether oxygens (including phenoxy) is 1. The largest absolute Gasteiger partial charge is 0.376 e. The van der Waals surface area contributed by atoms with Crippen LogP contribution in [0, 0.1) is 11.6 Å². The minimum Gasteiger partial charge on any atom is -0.376 e. The molecule has 1 aromatic heterocycles. The van der Waals surface area contributed by atoms with Crippen LogP contribution in [0.2, 0.25) is 0 Å². The zero-order valence-electron chi connectivity index (χ0n) is 20.3. The highest BCUT2D eigenvalue weighted by Crippen LogP contribution is 2.34. The van der Waals surface area contributed by atoms with Crippen LogP contribution in [-0.2, 0) is 11.3 Å². The zero-order valence-corrected chi connectivity index (χ0v) is 20.3. The summed E-state index contributed by atoms with van der Waals surface area (Å²) in [5, 5.41) is 4.37. The predicted molar refractivity (Wildman–Crippen MR) is 132 cm³/mol. The van der Waals surface area contributed by atoms with Crippen molar-refractivity contribution >= 4 is 11.8 Å². The SMILES string of the molecule is CN1CCN(c2onc(-c3ccc(F)cc3)c2CN(CC2CCCO2)C(=O)c2ccc(F)cc2)CC1. The van der Waals surface area contributed by atoms with Crippen molar-refractivity contribution in [2.45, 2.75) is 25.5 Å². The molecule has 3 aromatic rings. The number of aromatic nitrogens is 1. The number of hydrogen-bond acceptors (Lipinski definition) is 6. The Labute approximate surface area is 209 Å². The lowest BCUT2D eigenvalue weighted by atomic mass is 10.1. The topological polar surface area (TPSA) is 62.1 Å². The third-order valence-electron chi connectivity index (χ3n) is 6.85. The van der Waals surface area contributed by atoms with Crippen LogP contribution >= 0.6 is 0 Å². The van der Waals surface area contributed by atoms with Crippen LogP contribution in [-0.4, -0.2) is 73.3 Å². The highest BCUT2D eigenvalue weighted by Gasteiger charge is 2.30. The van der Waals surface area contributed by atoms with E-state index >= 15 is 0 Å². The summed E-state index contributed by atoms with van der Waals surface area (Å²) in [6.45, 7) is 4.57. The van der Waals surface area contributed by atoms with Crippen LogP contribution in [0.15, 0.2) is 53.1 Å². The highest BCUT2D eigenvalue weighted by molar-refractivity contribution is 5.94. The standard InChI is InChI=1S/C27H30F2N4O3/c1-31-12-14-32(15-13-31)27-24(25(30-36-27)19-4-8-21(28)9-5-19)18-33(17-23-3-2-16-35-23)26(34)20-6-10-22(29)11-7-20/h4-11,23H,2-3,12-18H2,1H3. The summed E-state index contributed by atoms with van der Waals surface area (Å²) in [6.07, 6.45) is 1.74. The number of carbonyl (C=O) groups excluding carboxylic acids is 1. The molecule has 0 N–H and O–H groups in total. The molecule has 3 heterocycles. The molecule has 36 heavy (non-hydrogen) atoms. The molecule has 1 atom stereocenters. The summed E-state index contributed by atoms with van der Waals surface area (Å²) in [6, 6.07) is 11.7. The number of piperazine rings is 1. The van der Waals surface area contributed by atoms with Gasteiger partial charge >= 0.3 is 0 Å². The molecule has 190 valence electrons. The van der Waals surface area contributed by atoms with Crippen LogP contribution in [0.1, 0.15) is 28.8 Å². The maximum atomic E-state index is 13.6. The molecule has 9 heteroatoms. The molecule has 2 saturated heterocycles.